The van der Waals surface area contributed by atoms with Crippen molar-refractivity contribution < 1.29 is 9.26 Å². The van der Waals surface area contributed by atoms with Crippen molar-refractivity contribution in [2.45, 2.75) is 33.0 Å². The van der Waals surface area contributed by atoms with Crippen LogP contribution in [0.1, 0.15) is 23.4 Å². The average molecular weight is 317 g/mol. The Morgan fingerprint density at radius 3 is 2.78 bits per heavy atom. The summed E-state index contributed by atoms with van der Waals surface area (Å²) in [5.41, 5.74) is 1.96. The molecule has 2 aromatic rings. The van der Waals surface area contributed by atoms with Crippen LogP contribution in [0.4, 0.5) is 11.6 Å². The van der Waals surface area contributed by atoms with E-state index in [1.807, 2.05) is 32.8 Å². The van der Waals surface area contributed by atoms with Crippen LogP contribution >= 0.6 is 0 Å². The predicted octanol–water partition coefficient (Wildman–Crippen LogP) is 1.94. The summed E-state index contributed by atoms with van der Waals surface area (Å²) in [6.45, 7) is 6.15. The lowest BCUT2D eigenvalue weighted by molar-refractivity contribution is 0.0544. The second-order valence-corrected chi connectivity index (χ2v) is 6.07. The van der Waals surface area contributed by atoms with Crippen LogP contribution in [-0.2, 0) is 11.3 Å². The summed E-state index contributed by atoms with van der Waals surface area (Å²) >= 11 is 0. The van der Waals surface area contributed by atoms with Gasteiger partial charge in [0.05, 0.1) is 18.4 Å². The van der Waals surface area contributed by atoms with Gasteiger partial charge in [-0.1, -0.05) is 5.16 Å². The van der Waals surface area contributed by atoms with Gasteiger partial charge >= 0.3 is 0 Å². The topological polar surface area (TPSA) is 67.5 Å². The average Bonchev–Trinajstić information content (AvgIpc) is 3.13. The molecule has 7 nitrogen and oxygen atoms in total. The van der Waals surface area contributed by atoms with Gasteiger partial charge in [0, 0.05) is 45.1 Å². The van der Waals surface area contributed by atoms with Crippen LogP contribution in [0.3, 0.4) is 0 Å². The van der Waals surface area contributed by atoms with E-state index < -0.39 is 0 Å². The molecule has 2 aromatic heterocycles. The smallest absolute Gasteiger partial charge is 0.172 e. The number of nitrogens with zero attached hydrogens (tertiary/aromatic N) is 5. The van der Waals surface area contributed by atoms with Crippen molar-refractivity contribution in [1.29, 1.82) is 0 Å². The van der Waals surface area contributed by atoms with Crippen LogP contribution in [0.5, 0.6) is 0 Å². The fourth-order valence-corrected chi connectivity index (χ4v) is 2.83. The number of hydrogen-bond donors (Lipinski definition) is 0. The number of anilines is 2. The number of rotatable bonds is 5. The molecule has 1 saturated heterocycles. The molecule has 0 radical (unpaired) electrons. The molecule has 1 unspecified atom stereocenters. The Hall–Kier alpha value is -2.15. The zero-order valence-electron chi connectivity index (χ0n) is 14.1. The highest BCUT2D eigenvalue weighted by Crippen LogP contribution is 2.27. The Bertz CT molecular complexity index is 651. The summed E-state index contributed by atoms with van der Waals surface area (Å²) in [7, 11) is 3.96. The molecule has 0 amide bonds. The largest absolute Gasteiger partial charge is 0.371 e. The van der Waals surface area contributed by atoms with E-state index in [2.05, 4.69) is 20.0 Å². The van der Waals surface area contributed by atoms with Gasteiger partial charge in [-0.05, 0) is 20.3 Å². The number of aryl methyl sites for hydroxylation is 2. The van der Waals surface area contributed by atoms with Crippen molar-refractivity contribution >= 4 is 11.6 Å². The van der Waals surface area contributed by atoms with E-state index in [1.54, 1.807) is 12.4 Å². The summed E-state index contributed by atoms with van der Waals surface area (Å²) < 4.78 is 11.2. The van der Waals surface area contributed by atoms with Crippen molar-refractivity contribution in [3.05, 3.63) is 29.4 Å². The lowest BCUT2D eigenvalue weighted by Crippen LogP contribution is -2.26. The Morgan fingerprint density at radius 1 is 1.30 bits per heavy atom. The van der Waals surface area contributed by atoms with Gasteiger partial charge in [0.2, 0.25) is 0 Å². The summed E-state index contributed by atoms with van der Waals surface area (Å²) in [5.74, 6) is 2.64. The molecule has 1 aliphatic rings. The third kappa shape index (κ3) is 3.29. The van der Waals surface area contributed by atoms with Gasteiger partial charge < -0.3 is 19.1 Å². The fourth-order valence-electron chi connectivity index (χ4n) is 2.83. The Labute approximate surface area is 136 Å². The second kappa shape index (κ2) is 6.54. The van der Waals surface area contributed by atoms with Crippen LogP contribution in [0.25, 0.3) is 0 Å². The second-order valence-electron chi connectivity index (χ2n) is 6.07. The maximum Gasteiger partial charge on any atom is 0.172 e. The predicted molar refractivity (Wildman–Crippen MR) is 87.7 cm³/mol. The van der Waals surface area contributed by atoms with Crippen LogP contribution in [0, 0.1) is 13.8 Å². The first-order valence-electron chi connectivity index (χ1n) is 7.83. The first-order chi connectivity index (χ1) is 11.1. The van der Waals surface area contributed by atoms with Gasteiger partial charge in [-0.2, -0.15) is 0 Å². The summed E-state index contributed by atoms with van der Waals surface area (Å²) in [6.07, 6.45) is 4.62. The van der Waals surface area contributed by atoms with Crippen LogP contribution in [-0.4, -0.2) is 48.4 Å². The third-order valence-corrected chi connectivity index (χ3v) is 4.17. The lowest BCUT2D eigenvalue weighted by Gasteiger charge is -2.22. The van der Waals surface area contributed by atoms with Crippen LogP contribution in [0.2, 0.25) is 0 Å². The fraction of sp³-hybridized carbons (Fsp3) is 0.562. The lowest BCUT2D eigenvalue weighted by atomic mass is 10.2. The molecule has 0 saturated carbocycles. The van der Waals surface area contributed by atoms with Crippen molar-refractivity contribution in [1.82, 2.24) is 15.1 Å². The number of hydrogen-bond acceptors (Lipinski definition) is 7. The van der Waals surface area contributed by atoms with E-state index in [9.17, 15) is 0 Å². The monoisotopic (exact) mass is 317 g/mol. The van der Waals surface area contributed by atoms with E-state index in [0.717, 1.165) is 48.2 Å². The minimum Gasteiger partial charge on any atom is -0.371 e. The normalized spacial score (nSPS) is 17.7. The molecule has 0 N–H and O–H groups in total. The molecular formula is C16H23N5O2. The third-order valence-electron chi connectivity index (χ3n) is 4.17. The van der Waals surface area contributed by atoms with E-state index >= 15 is 0 Å². The van der Waals surface area contributed by atoms with Gasteiger partial charge in [-0.3, -0.25) is 0 Å². The van der Waals surface area contributed by atoms with Gasteiger partial charge in [0.15, 0.2) is 11.6 Å². The molecule has 0 aliphatic carbocycles. The first-order valence-corrected chi connectivity index (χ1v) is 7.83. The zero-order valence-corrected chi connectivity index (χ0v) is 14.1. The minimum absolute atomic E-state index is 0.181. The van der Waals surface area contributed by atoms with Crippen molar-refractivity contribution in [3.8, 4) is 0 Å². The molecule has 3 heterocycles. The SMILES string of the molecule is Cc1noc(C)c1COC1CCN(c2nccnc2N(C)C)C1. The molecular weight excluding hydrogens is 294 g/mol. The Kier molecular flexibility index (Phi) is 4.47. The summed E-state index contributed by atoms with van der Waals surface area (Å²) in [4.78, 5) is 13.1. The molecule has 1 atom stereocenters. The molecule has 1 aliphatic heterocycles. The highest BCUT2D eigenvalue weighted by Gasteiger charge is 2.27. The highest BCUT2D eigenvalue weighted by molar-refractivity contribution is 5.61. The van der Waals surface area contributed by atoms with Crippen molar-refractivity contribution in [2.24, 2.45) is 0 Å². The zero-order chi connectivity index (χ0) is 16.4. The van der Waals surface area contributed by atoms with E-state index in [0.29, 0.717) is 6.61 Å². The van der Waals surface area contributed by atoms with Crippen LogP contribution in [0.15, 0.2) is 16.9 Å². The van der Waals surface area contributed by atoms with Gasteiger partial charge in [0.1, 0.15) is 5.76 Å². The Balaban J connectivity index is 1.63. The number of ether oxygens (including phenoxy) is 1. The number of aromatic nitrogens is 3. The van der Waals surface area contributed by atoms with Crippen molar-refractivity contribution in [2.75, 3.05) is 37.0 Å². The maximum absolute atomic E-state index is 6.06. The quantitative estimate of drug-likeness (QED) is 0.835. The summed E-state index contributed by atoms with van der Waals surface area (Å²) in [5, 5.41) is 3.97. The molecule has 0 spiro atoms. The van der Waals surface area contributed by atoms with Crippen LogP contribution < -0.4 is 9.80 Å². The van der Waals surface area contributed by atoms with E-state index in [-0.39, 0.29) is 6.10 Å². The van der Waals surface area contributed by atoms with Gasteiger partial charge in [-0.25, -0.2) is 9.97 Å². The molecule has 1 fully saturated rings. The van der Waals surface area contributed by atoms with E-state index in [4.69, 9.17) is 9.26 Å². The van der Waals surface area contributed by atoms with Crippen molar-refractivity contribution in [3.63, 3.8) is 0 Å². The van der Waals surface area contributed by atoms with E-state index in [1.165, 1.54) is 0 Å². The molecule has 23 heavy (non-hydrogen) atoms. The first kappa shape index (κ1) is 15.7. The Morgan fingerprint density at radius 2 is 2.09 bits per heavy atom. The standard InChI is InChI=1S/C16H23N5O2/c1-11-14(12(2)23-19-11)10-22-13-5-8-21(9-13)16-15(20(3)4)17-6-7-18-16/h6-7,13H,5,8-10H2,1-4H3. The van der Waals surface area contributed by atoms with Gasteiger partial charge in [-0.15, -0.1) is 0 Å². The maximum atomic E-state index is 6.06. The molecule has 0 aromatic carbocycles. The molecule has 7 heteroatoms. The highest BCUT2D eigenvalue weighted by atomic mass is 16.5. The molecule has 0 bridgehead atoms. The molecule has 124 valence electrons. The molecule has 3 rings (SSSR count). The minimum atomic E-state index is 0.181. The van der Waals surface area contributed by atoms with Gasteiger partial charge in [0.25, 0.3) is 0 Å². The summed E-state index contributed by atoms with van der Waals surface area (Å²) in [6, 6.07) is 0.